The largest absolute Gasteiger partial charge is 0.463 e. The van der Waals surface area contributed by atoms with E-state index in [0.717, 1.165) is 18.9 Å². The number of ether oxygens (including phenoxy) is 1. The van der Waals surface area contributed by atoms with Crippen LogP contribution in [-0.2, 0) is 0 Å². The number of aromatic nitrogens is 2. The van der Waals surface area contributed by atoms with Crippen molar-refractivity contribution in [2.45, 2.75) is 19.8 Å². The van der Waals surface area contributed by atoms with E-state index in [1.807, 2.05) is 6.07 Å². The second-order valence-electron chi connectivity index (χ2n) is 5.92. The molecule has 124 valence electrons. The van der Waals surface area contributed by atoms with Gasteiger partial charge >= 0.3 is 0 Å². The maximum absolute atomic E-state index is 6.33. The fourth-order valence-electron chi connectivity index (χ4n) is 2.78. The Labute approximate surface area is 141 Å². The molecule has 6 heteroatoms. The van der Waals surface area contributed by atoms with Crippen LogP contribution < -0.4 is 20.8 Å². The summed E-state index contributed by atoms with van der Waals surface area (Å²) in [5.74, 6) is 2.14. The van der Waals surface area contributed by atoms with E-state index >= 15 is 0 Å². The first-order chi connectivity index (χ1) is 11.5. The number of nitrogen functional groups attached to an aromatic ring is 1. The zero-order chi connectivity index (χ0) is 17.1. The standard InChI is InChI=1S/C18H21N5O/c1-12(2)24-13-5-6-15(19)14(9-13)18(20)16-10-17(22-11-21-16)23-7-3-4-8-23/h5-6,9-11,20H,1,3-4,7-8,19H2,2H3/p+1. The van der Waals surface area contributed by atoms with Crippen molar-refractivity contribution in [3.63, 3.8) is 0 Å². The van der Waals surface area contributed by atoms with E-state index in [2.05, 4.69) is 21.4 Å². The summed E-state index contributed by atoms with van der Waals surface area (Å²) in [6.45, 7) is 7.56. The third-order valence-corrected chi connectivity index (χ3v) is 3.97. The smallest absolute Gasteiger partial charge is 0.232 e. The molecule has 1 aromatic carbocycles. The van der Waals surface area contributed by atoms with Crippen LogP contribution in [0.25, 0.3) is 0 Å². The van der Waals surface area contributed by atoms with Crippen molar-refractivity contribution in [2.75, 3.05) is 23.7 Å². The molecule has 0 spiro atoms. The highest BCUT2D eigenvalue weighted by Gasteiger charge is 2.20. The first-order valence-electron chi connectivity index (χ1n) is 7.97. The van der Waals surface area contributed by atoms with Gasteiger partial charge in [-0.1, -0.05) is 6.58 Å². The van der Waals surface area contributed by atoms with Gasteiger partial charge in [0.2, 0.25) is 5.71 Å². The molecular weight excluding hydrogens is 302 g/mol. The first kappa shape index (κ1) is 16.0. The summed E-state index contributed by atoms with van der Waals surface area (Å²) >= 11 is 0. The van der Waals surface area contributed by atoms with E-state index < -0.39 is 0 Å². The zero-order valence-electron chi connectivity index (χ0n) is 13.8. The predicted octanol–water partition coefficient (Wildman–Crippen LogP) is 1.17. The molecule has 0 unspecified atom stereocenters. The van der Waals surface area contributed by atoms with Crippen LogP contribution in [0.3, 0.4) is 0 Å². The Balaban J connectivity index is 1.91. The van der Waals surface area contributed by atoms with Gasteiger partial charge in [-0.15, -0.1) is 0 Å². The molecule has 1 aliphatic rings. The van der Waals surface area contributed by atoms with Crippen LogP contribution in [0, 0.1) is 0 Å². The molecular formula is C18H22N5O+. The Bertz CT molecular complexity index is 781. The molecule has 0 aliphatic carbocycles. The van der Waals surface area contributed by atoms with Crippen LogP contribution in [0.1, 0.15) is 31.0 Å². The molecule has 0 atom stereocenters. The van der Waals surface area contributed by atoms with Gasteiger partial charge in [0.1, 0.15) is 23.6 Å². The van der Waals surface area contributed by atoms with E-state index in [0.29, 0.717) is 34.2 Å². The Morgan fingerprint density at radius 2 is 2.00 bits per heavy atom. The molecule has 2 heterocycles. The summed E-state index contributed by atoms with van der Waals surface area (Å²) in [4.78, 5) is 10.9. The van der Waals surface area contributed by atoms with Crippen molar-refractivity contribution in [3.05, 3.63) is 54.2 Å². The Hall–Kier alpha value is -2.89. The van der Waals surface area contributed by atoms with Crippen molar-refractivity contribution in [1.82, 2.24) is 9.97 Å². The van der Waals surface area contributed by atoms with E-state index in [9.17, 15) is 0 Å². The van der Waals surface area contributed by atoms with Crippen LogP contribution in [-0.4, -0.2) is 28.8 Å². The Kier molecular flexibility index (Phi) is 4.46. The van der Waals surface area contributed by atoms with Crippen LogP contribution in [0.15, 0.2) is 42.9 Å². The highest BCUT2D eigenvalue weighted by atomic mass is 16.5. The average molecular weight is 324 g/mol. The lowest BCUT2D eigenvalue weighted by Crippen LogP contribution is -2.42. The minimum Gasteiger partial charge on any atom is -0.463 e. The molecule has 4 N–H and O–H groups in total. The van der Waals surface area contributed by atoms with E-state index in [-0.39, 0.29) is 0 Å². The average Bonchev–Trinajstić information content (AvgIpc) is 3.10. The summed E-state index contributed by atoms with van der Waals surface area (Å²) in [5, 5.41) is 6.33. The van der Waals surface area contributed by atoms with Crippen molar-refractivity contribution < 1.29 is 10.1 Å². The van der Waals surface area contributed by atoms with Gasteiger partial charge in [0.05, 0.1) is 11.3 Å². The minimum absolute atomic E-state index is 0.502. The maximum Gasteiger partial charge on any atom is 0.232 e. The van der Waals surface area contributed by atoms with Crippen molar-refractivity contribution in [3.8, 4) is 5.75 Å². The van der Waals surface area contributed by atoms with Gasteiger partial charge in [0.15, 0.2) is 0 Å². The Morgan fingerprint density at radius 1 is 1.25 bits per heavy atom. The molecule has 24 heavy (non-hydrogen) atoms. The number of rotatable bonds is 5. The highest BCUT2D eigenvalue weighted by molar-refractivity contribution is 6.11. The number of hydrogen-bond acceptors (Lipinski definition) is 5. The summed E-state index contributed by atoms with van der Waals surface area (Å²) < 4.78 is 5.54. The molecule has 0 saturated carbocycles. The number of allylic oxidation sites excluding steroid dienone is 1. The van der Waals surface area contributed by atoms with Crippen molar-refractivity contribution in [2.24, 2.45) is 0 Å². The zero-order valence-corrected chi connectivity index (χ0v) is 13.8. The summed E-state index contributed by atoms with van der Waals surface area (Å²) in [6.07, 6.45) is 3.91. The third-order valence-electron chi connectivity index (χ3n) is 3.97. The number of benzene rings is 1. The topological polar surface area (TPSA) is 89.9 Å². The summed E-state index contributed by atoms with van der Waals surface area (Å²) in [6, 6.07) is 7.27. The molecule has 1 fully saturated rings. The van der Waals surface area contributed by atoms with E-state index in [1.54, 1.807) is 31.5 Å². The number of anilines is 2. The van der Waals surface area contributed by atoms with E-state index in [1.165, 1.54) is 12.8 Å². The minimum atomic E-state index is 0.502. The van der Waals surface area contributed by atoms with Gasteiger partial charge in [-0.2, -0.15) is 0 Å². The fourth-order valence-corrected chi connectivity index (χ4v) is 2.78. The van der Waals surface area contributed by atoms with Crippen LogP contribution in [0.4, 0.5) is 11.5 Å². The first-order valence-corrected chi connectivity index (χ1v) is 7.97. The van der Waals surface area contributed by atoms with Gasteiger partial charge < -0.3 is 15.4 Å². The summed E-state index contributed by atoms with van der Waals surface area (Å²) in [5.41, 5.74) is 8.51. The van der Waals surface area contributed by atoms with Crippen molar-refractivity contribution in [1.29, 1.82) is 0 Å². The predicted molar refractivity (Wildman–Crippen MR) is 94.9 cm³/mol. The van der Waals surface area contributed by atoms with Gasteiger partial charge in [0.25, 0.3) is 0 Å². The van der Waals surface area contributed by atoms with Gasteiger partial charge in [-0.05, 0) is 38.0 Å². The monoisotopic (exact) mass is 324 g/mol. The second-order valence-corrected chi connectivity index (χ2v) is 5.92. The third kappa shape index (κ3) is 3.37. The molecule has 1 aromatic heterocycles. The Morgan fingerprint density at radius 3 is 2.71 bits per heavy atom. The van der Waals surface area contributed by atoms with Crippen molar-refractivity contribution >= 4 is 17.2 Å². The number of hydrogen-bond donors (Lipinski definition) is 2. The normalized spacial score (nSPS) is 13.8. The number of nitrogens with zero attached hydrogens (tertiary/aromatic N) is 3. The molecule has 3 rings (SSSR count). The lowest BCUT2D eigenvalue weighted by Gasteiger charge is -2.16. The van der Waals surface area contributed by atoms with E-state index in [4.69, 9.17) is 15.9 Å². The SMILES string of the molecule is C=C(C)Oc1ccc(N)c(C(=[NH2+])c2cc(N3CCCC3)ncn2)c1. The van der Waals surface area contributed by atoms with Crippen LogP contribution in [0.2, 0.25) is 0 Å². The molecule has 1 aliphatic heterocycles. The lowest BCUT2D eigenvalue weighted by atomic mass is 10.0. The molecule has 0 radical (unpaired) electrons. The molecule has 6 nitrogen and oxygen atoms in total. The second kappa shape index (κ2) is 6.70. The van der Waals surface area contributed by atoms with Gasteiger partial charge in [-0.25, -0.2) is 9.97 Å². The molecule has 0 amide bonds. The fraction of sp³-hybridized carbons (Fsp3) is 0.278. The lowest BCUT2D eigenvalue weighted by molar-refractivity contribution is -0.111. The maximum atomic E-state index is 6.33. The van der Waals surface area contributed by atoms with Gasteiger partial charge in [0, 0.05) is 24.8 Å². The quantitative estimate of drug-likeness (QED) is 0.489. The van der Waals surface area contributed by atoms with Gasteiger partial charge in [-0.3, -0.25) is 5.41 Å². The highest BCUT2D eigenvalue weighted by Crippen LogP contribution is 2.24. The van der Waals surface area contributed by atoms with Crippen LogP contribution >= 0.6 is 0 Å². The summed E-state index contributed by atoms with van der Waals surface area (Å²) in [7, 11) is 0. The molecule has 0 bridgehead atoms. The number of nitrogens with two attached hydrogens (primary N) is 2. The molecule has 1 saturated heterocycles. The molecule has 2 aromatic rings. The van der Waals surface area contributed by atoms with Crippen LogP contribution in [0.5, 0.6) is 5.75 Å².